The summed E-state index contributed by atoms with van der Waals surface area (Å²) in [6.07, 6.45) is 6.24. The normalized spacial score (nSPS) is 20.3. The summed E-state index contributed by atoms with van der Waals surface area (Å²) in [5, 5.41) is 7.67. The molecule has 3 heterocycles. The average molecular weight is 716 g/mol. The average Bonchev–Trinajstić information content (AvgIpc) is 3.64. The van der Waals surface area contributed by atoms with E-state index in [1.807, 2.05) is 60.7 Å². The number of pyridine rings is 2. The van der Waals surface area contributed by atoms with Crippen LogP contribution in [-0.2, 0) is 22.6 Å². The van der Waals surface area contributed by atoms with Crippen LogP contribution in [0.5, 0.6) is 11.8 Å². The van der Waals surface area contributed by atoms with Crippen LogP contribution in [0.3, 0.4) is 0 Å². The fraction of sp³-hybridized carbons (Fsp3) is 0.400. The Morgan fingerprint density at radius 2 is 1.36 bits per heavy atom. The number of hydrogen-bond donors (Lipinski definition) is 2. The van der Waals surface area contributed by atoms with Crippen molar-refractivity contribution < 1.29 is 19.1 Å². The molecule has 4 aromatic rings. The number of aromatic nitrogens is 2. The lowest BCUT2D eigenvalue weighted by Crippen LogP contribution is -2.38. The number of benzene rings is 2. The highest BCUT2D eigenvalue weighted by Crippen LogP contribution is 2.43. The molecule has 2 aromatic carbocycles. The molecule has 2 fully saturated rings. The first-order valence-electron chi connectivity index (χ1n) is 17.2. The Bertz CT molecular complexity index is 1780. The molecule has 2 atom stereocenters. The number of ether oxygens (including phenoxy) is 2. The molecule has 6 rings (SSSR count). The maximum Gasteiger partial charge on any atom is 0.220 e. The Morgan fingerprint density at radius 3 is 1.90 bits per heavy atom. The number of hydrogen-bond acceptors (Lipinski definition) is 7. The molecule has 0 spiro atoms. The number of carbonyl (C=O) groups is 2. The van der Waals surface area contributed by atoms with Crippen LogP contribution < -0.4 is 20.1 Å². The molecule has 1 aliphatic carbocycles. The zero-order chi connectivity index (χ0) is 35.5. The second-order valence-electron chi connectivity index (χ2n) is 14.2. The summed E-state index contributed by atoms with van der Waals surface area (Å²) in [7, 11) is 3.24. The van der Waals surface area contributed by atoms with Crippen molar-refractivity contribution in [3.05, 3.63) is 81.8 Å². The standard InChI is InChI=1S/C40H44Cl2N4O4/c1-39(20-17-27(47)22-39)24-43-23-26-14-16-33(45-38(26)50-4)31-12-6-10-29(36(31)42)28-9-5-11-30(35(28)41)32-15-13-25(37(44-32)49-3)8-7-19-40(2)21-18-34(48)46-40/h5-6,9-16,43H,7-8,17-24H2,1-4H3,(H,46,48)/t39-,40-/m0/s1. The van der Waals surface area contributed by atoms with Gasteiger partial charge in [0.05, 0.1) is 35.7 Å². The molecule has 1 amide bonds. The van der Waals surface area contributed by atoms with Crippen LogP contribution in [0.4, 0.5) is 0 Å². The second-order valence-corrected chi connectivity index (χ2v) is 14.9. The summed E-state index contributed by atoms with van der Waals surface area (Å²) < 4.78 is 11.4. The number of rotatable bonds is 13. The van der Waals surface area contributed by atoms with Gasteiger partial charge < -0.3 is 20.1 Å². The predicted molar refractivity (Wildman–Crippen MR) is 199 cm³/mol. The summed E-state index contributed by atoms with van der Waals surface area (Å²) in [6.45, 7) is 5.60. The van der Waals surface area contributed by atoms with Gasteiger partial charge >= 0.3 is 0 Å². The van der Waals surface area contributed by atoms with Crippen molar-refractivity contribution in [3.63, 3.8) is 0 Å². The number of ketones is 1. The molecule has 50 heavy (non-hydrogen) atoms. The Balaban J connectivity index is 1.20. The minimum atomic E-state index is -0.148. The van der Waals surface area contributed by atoms with Gasteiger partial charge in [0.2, 0.25) is 17.7 Å². The van der Waals surface area contributed by atoms with Gasteiger partial charge in [-0.15, -0.1) is 0 Å². The van der Waals surface area contributed by atoms with Crippen molar-refractivity contribution in [2.75, 3.05) is 20.8 Å². The fourth-order valence-electron chi connectivity index (χ4n) is 7.24. The van der Waals surface area contributed by atoms with Crippen LogP contribution in [-0.4, -0.2) is 48.0 Å². The van der Waals surface area contributed by atoms with Gasteiger partial charge in [-0.3, -0.25) is 9.59 Å². The SMILES string of the molecule is COc1nc(-c2cccc(-c3cccc(-c4ccc(CNC[C@@]5(C)CCC(=O)C5)c(OC)n4)c3Cl)c2Cl)ccc1CCC[C@@]1(C)CCC(=O)N1. The topological polar surface area (TPSA) is 102 Å². The van der Waals surface area contributed by atoms with Gasteiger partial charge in [0.25, 0.3) is 0 Å². The fourth-order valence-corrected chi connectivity index (χ4v) is 7.89. The minimum absolute atomic E-state index is 0.00865. The summed E-state index contributed by atoms with van der Waals surface area (Å²) in [6, 6.07) is 19.6. The zero-order valence-corrected chi connectivity index (χ0v) is 30.6. The van der Waals surface area contributed by atoms with E-state index in [0.717, 1.165) is 72.0 Å². The molecule has 2 aromatic heterocycles. The van der Waals surface area contributed by atoms with Crippen LogP contribution >= 0.6 is 23.2 Å². The summed E-state index contributed by atoms with van der Waals surface area (Å²) in [4.78, 5) is 33.2. The molecule has 1 saturated carbocycles. The van der Waals surface area contributed by atoms with Crippen LogP contribution in [0.15, 0.2) is 60.7 Å². The lowest BCUT2D eigenvalue weighted by molar-refractivity contribution is -0.120. The number of Topliss-reactive ketones (excluding diaryl/α,β-unsaturated/α-hetero) is 1. The first-order chi connectivity index (χ1) is 24.0. The molecule has 8 nitrogen and oxygen atoms in total. The number of amides is 1. The summed E-state index contributed by atoms with van der Waals surface area (Å²) >= 11 is 14.2. The van der Waals surface area contributed by atoms with Gasteiger partial charge in [-0.1, -0.05) is 78.7 Å². The molecule has 2 N–H and O–H groups in total. The lowest BCUT2D eigenvalue weighted by atomic mass is 9.89. The van der Waals surface area contributed by atoms with Gasteiger partial charge in [0, 0.05) is 71.3 Å². The third-order valence-electron chi connectivity index (χ3n) is 10.1. The third-order valence-corrected chi connectivity index (χ3v) is 10.9. The van der Waals surface area contributed by atoms with Crippen molar-refractivity contribution in [2.45, 2.75) is 77.3 Å². The maximum absolute atomic E-state index is 11.8. The molecule has 1 aliphatic heterocycles. The Hall–Kier alpha value is -3.98. The van der Waals surface area contributed by atoms with E-state index in [0.29, 0.717) is 64.8 Å². The minimum Gasteiger partial charge on any atom is -0.481 e. The molecular formula is C40H44Cl2N4O4. The zero-order valence-electron chi connectivity index (χ0n) is 29.1. The monoisotopic (exact) mass is 714 g/mol. The van der Waals surface area contributed by atoms with Crippen molar-refractivity contribution >= 4 is 34.9 Å². The predicted octanol–water partition coefficient (Wildman–Crippen LogP) is 8.64. The number of nitrogens with one attached hydrogen (secondary N) is 2. The van der Waals surface area contributed by atoms with Crippen LogP contribution in [0.2, 0.25) is 10.0 Å². The largest absolute Gasteiger partial charge is 0.481 e. The molecule has 0 unspecified atom stereocenters. The smallest absolute Gasteiger partial charge is 0.220 e. The maximum atomic E-state index is 11.8. The van der Waals surface area contributed by atoms with E-state index in [4.69, 9.17) is 42.6 Å². The highest BCUT2D eigenvalue weighted by Gasteiger charge is 2.34. The molecule has 2 aliphatic rings. The number of carbonyl (C=O) groups excluding carboxylic acids is 2. The Morgan fingerprint density at radius 1 is 0.780 bits per heavy atom. The van der Waals surface area contributed by atoms with E-state index in [2.05, 4.69) is 24.5 Å². The molecular weight excluding hydrogens is 671 g/mol. The number of halogens is 2. The van der Waals surface area contributed by atoms with E-state index in [-0.39, 0.29) is 16.9 Å². The first kappa shape index (κ1) is 35.8. The van der Waals surface area contributed by atoms with Crippen molar-refractivity contribution in [1.82, 2.24) is 20.6 Å². The van der Waals surface area contributed by atoms with Gasteiger partial charge in [-0.2, -0.15) is 0 Å². The van der Waals surface area contributed by atoms with E-state index in [1.165, 1.54) is 0 Å². The molecule has 10 heteroatoms. The van der Waals surface area contributed by atoms with Gasteiger partial charge in [-0.25, -0.2) is 9.97 Å². The summed E-state index contributed by atoms with van der Waals surface area (Å²) in [5.41, 5.74) is 6.25. The molecule has 0 bridgehead atoms. The van der Waals surface area contributed by atoms with Gasteiger partial charge in [0.15, 0.2) is 0 Å². The van der Waals surface area contributed by atoms with E-state index < -0.39 is 0 Å². The number of aryl methyl sites for hydroxylation is 1. The van der Waals surface area contributed by atoms with Crippen LogP contribution in [0.25, 0.3) is 33.6 Å². The highest BCUT2D eigenvalue weighted by atomic mass is 35.5. The Kier molecular flexibility index (Phi) is 10.8. The third kappa shape index (κ3) is 7.83. The van der Waals surface area contributed by atoms with Crippen LogP contribution in [0.1, 0.15) is 69.9 Å². The van der Waals surface area contributed by atoms with Crippen molar-refractivity contribution in [1.29, 1.82) is 0 Å². The number of nitrogens with zero attached hydrogens (tertiary/aromatic N) is 2. The van der Waals surface area contributed by atoms with Gasteiger partial charge in [-0.05, 0) is 56.6 Å². The summed E-state index contributed by atoms with van der Waals surface area (Å²) in [5.74, 6) is 1.55. The molecule has 262 valence electrons. The first-order valence-corrected chi connectivity index (χ1v) is 18.0. The quantitative estimate of drug-likeness (QED) is 0.143. The van der Waals surface area contributed by atoms with E-state index in [1.54, 1.807) is 14.2 Å². The van der Waals surface area contributed by atoms with E-state index in [9.17, 15) is 9.59 Å². The van der Waals surface area contributed by atoms with Crippen molar-refractivity contribution in [3.8, 4) is 45.4 Å². The highest BCUT2D eigenvalue weighted by molar-refractivity contribution is 6.39. The van der Waals surface area contributed by atoms with Crippen LogP contribution in [0, 0.1) is 5.41 Å². The number of methoxy groups -OCH3 is 2. The lowest BCUT2D eigenvalue weighted by Gasteiger charge is -2.23. The molecule has 0 radical (unpaired) electrons. The van der Waals surface area contributed by atoms with Gasteiger partial charge in [0.1, 0.15) is 5.78 Å². The van der Waals surface area contributed by atoms with Crippen molar-refractivity contribution in [2.24, 2.45) is 5.41 Å². The Labute approximate surface area is 304 Å². The molecule has 1 saturated heterocycles. The second kappa shape index (κ2) is 15.1. The van der Waals surface area contributed by atoms with E-state index >= 15 is 0 Å².